The topological polar surface area (TPSA) is 93.7 Å². The molecule has 0 spiro atoms. The quantitative estimate of drug-likeness (QED) is 0.156. The van der Waals surface area contributed by atoms with Gasteiger partial charge in [-0.25, -0.2) is 4.79 Å². The van der Waals surface area contributed by atoms with Gasteiger partial charge in [0.05, 0.1) is 24.5 Å². The van der Waals surface area contributed by atoms with E-state index in [0.717, 1.165) is 42.6 Å². The van der Waals surface area contributed by atoms with Crippen LogP contribution in [0, 0.1) is 0 Å². The van der Waals surface area contributed by atoms with Crippen molar-refractivity contribution in [2.45, 2.75) is 62.5 Å². The van der Waals surface area contributed by atoms with Gasteiger partial charge in [-0.1, -0.05) is 25.5 Å². The van der Waals surface area contributed by atoms with E-state index in [1.807, 2.05) is 31.2 Å². The Kier molecular flexibility index (Phi) is 10.1. The number of amides is 2. The summed E-state index contributed by atoms with van der Waals surface area (Å²) in [6.07, 6.45) is 5.59. The first-order valence-corrected chi connectivity index (χ1v) is 15.0. The number of benzene rings is 2. The fourth-order valence-electron chi connectivity index (χ4n) is 4.54. The molecule has 1 aliphatic carbocycles. The first kappa shape index (κ1) is 28.7. The van der Waals surface area contributed by atoms with E-state index in [-0.39, 0.29) is 29.6 Å². The van der Waals surface area contributed by atoms with E-state index in [1.165, 1.54) is 28.0 Å². The number of anilines is 2. The van der Waals surface area contributed by atoms with Crippen molar-refractivity contribution in [3.63, 3.8) is 0 Å². The lowest BCUT2D eigenvalue weighted by atomic mass is 10.1. The second-order valence-electron chi connectivity index (χ2n) is 9.21. The third-order valence-electron chi connectivity index (χ3n) is 6.50. The summed E-state index contributed by atoms with van der Waals surface area (Å²) in [5.74, 6) is -0.163. The molecule has 2 amide bonds. The molecule has 3 aromatic rings. The molecular weight excluding hydrogens is 532 g/mol. The average Bonchev–Trinajstić information content (AvgIpc) is 3.11. The van der Waals surface area contributed by atoms with E-state index in [2.05, 4.69) is 10.6 Å². The summed E-state index contributed by atoms with van der Waals surface area (Å²) >= 11 is 2.93. The fourth-order valence-corrected chi connectivity index (χ4v) is 6.84. The molecule has 0 aliphatic heterocycles. The number of aryl methyl sites for hydroxylation is 1. The van der Waals surface area contributed by atoms with Crippen molar-refractivity contribution in [3.8, 4) is 5.75 Å². The van der Waals surface area contributed by atoms with Crippen LogP contribution in [0.5, 0.6) is 5.75 Å². The molecule has 0 radical (unpaired) electrons. The number of nitrogens with one attached hydrogen (secondary N) is 2. The Labute approximate surface area is 237 Å². The highest BCUT2D eigenvalue weighted by Gasteiger charge is 2.28. The van der Waals surface area contributed by atoms with Gasteiger partial charge in [-0.05, 0) is 81.0 Å². The maximum Gasteiger partial charge on any atom is 0.341 e. The lowest BCUT2D eigenvalue weighted by Gasteiger charge is -2.16. The third-order valence-corrected chi connectivity index (χ3v) is 9.07. The van der Waals surface area contributed by atoms with Crippen LogP contribution in [0.15, 0.2) is 53.4 Å². The molecule has 39 heavy (non-hydrogen) atoms. The van der Waals surface area contributed by atoms with E-state index in [4.69, 9.17) is 9.47 Å². The number of methoxy groups -OCH3 is 1. The van der Waals surface area contributed by atoms with Gasteiger partial charge in [0.15, 0.2) is 0 Å². The summed E-state index contributed by atoms with van der Waals surface area (Å²) in [6, 6.07) is 14.4. The molecule has 9 heteroatoms. The second-order valence-corrected chi connectivity index (χ2v) is 11.6. The first-order chi connectivity index (χ1) is 18.9. The molecule has 0 saturated heterocycles. The minimum absolute atomic E-state index is 0.157. The minimum Gasteiger partial charge on any atom is -0.497 e. The van der Waals surface area contributed by atoms with Gasteiger partial charge in [-0.3, -0.25) is 9.59 Å². The van der Waals surface area contributed by atoms with Crippen LogP contribution in [-0.4, -0.2) is 36.8 Å². The molecule has 0 fully saturated rings. The van der Waals surface area contributed by atoms with Crippen molar-refractivity contribution in [3.05, 3.63) is 70.1 Å². The standard InChI is InChI=1S/C30H34N2O5S2/c1-4-24(28(34)32-29-26(30(35)37-5-2)23-15-7-6-8-16-25(23)39-29)38-22-14-10-12-20(18-22)31-27(33)19-11-9-13-21(17-19)36-3/h9-14,17-18,24H,4-8,15-16H2,1-3H3,(H,31,33)(H,32,34). The molecule has 1 atom stereocenters. The molecule has 1 aromatic heterocycles. The number of ether oxygens (including phenoxy) is 2. The predicted molar refractivity (Wildman–Crippen MR) is 157 cm³/mol. The van der Waals surface area contributed by atoms with E-state index in [9.17, 15) is 14.4 Å². The normalized spacial score (nSPS) is 13.5. The van der Waals surface area contributed by atoms with Crippen LogP contribution in [0.2, 0.25) is 0 Å². The number of fused-ring (bicyclic) bond motifs is 1. The lowest BCUT2D eigenvalue weighted by Crippen LogP contribution is -2.25. The number of rotatable bonds is 10. The molecular formula is C30H34N2O5S2. The van der Waals surface area contributed by atoms with Gasteiger partial charge in [0, 0.05) is 21.0 Å². The molecule has 2 N–H and O–H groups in total. The zero-order valence-corrected chi connectivity index (χ0v) is 24.1. The number of esters is 1. The van der Waals surface area contributed by atoms with Crippen molar-refractivity contribution in [1.82, 2.24) is 0 Å². The fraction of sp³-hybridized carbons (Fsp3) is 0.367. The smallest absolute Gasteiger partial charge is 0.341 e. The molecule has 0 bridgehead atoms. The lowest BCUT2D eigenvalue weighted by molar-refractivity contribution is -0.115. The number of hydrogen-bond donors (Lipinski definition) is 2. The Morgan fingerprint density at radius 3 is 2.56 bits per heavy atom. The van der Waals surface area contributed by atoms with Crippen LogP contribution >= 0.6 is 23.1 Å². The highest BCUT2D eigenvalue weighted by molar-refractivity contribution is 8.00. The Hall–Kier alpha value is -3.30. The summed E-state index contributed by atoms with van der Waals surface area (Å²) in [5, 5.41) is 6.17. The van der Waals surface area contributed by atoms with Gasteiger partial charge >= 0.3 is 5.97 Å². The monoisotopic (exact) mass is 566 g/mol. The Morgan fingerprint density at radius 1 is 1.00 bits per heavy atom. The van der Waals surface area contributed by atoms with Gasteiger partial charge in [-0.2, -0.15) is 0 Å². The van der Waals surface area contributed by atoms with Crippen molar-refractivity contribution >= 4 is 51.6 Å². The number of carbonyl (C=O) groups is 3. The van der Waals surface area contributed by atoms with Crippen LogP contribution in [0.25, 0.3) is 0 Å². The molecule has 7 nitrogen and oxygen atoms in total. The number of carbonyl (C=O) groups excluding carboxylic acids is 3. The van der Waals surface area contributed by atoms with Crippen molar-refractivity contribution < 1.29 is 23.9 Å². The number of hydrogen-bond acceptors (Lipinski definition) is 7. The number of thiophene rings is 1. The summed E-state index contributed by atoms with van der Waals surface area (Å²) in [7, 11) is 1.56. The molecule has 1 heterocycles. The van der Waals surface area contributed by atoms with Crippen LogP contribution in [0.3, 0.4) is 0 Å². The molecule has 1 unspecified atom stereocenters. The molecule has 1 aliphatic rings. The largest absolute Gasteiger partial charge is 0.497 e. The molecule has 4 rings (SSSR count). The predicted octanol–water partition coefficient (Wildman–Crippen LogP) is 6.96. The summed E-state index contributed by atoms with van der Waals surface area (Å²) < 4.78 is 10.6. The van der Waals surface area contributed by atoms with Gasteiger partial charge < -0.3 is 20.1 Å². The van der Waals surface area contributed by atoms with Gasteiger partial charge in [0.25, 0.3) is 5.91 Å². The molecule has 206 valence electrons. The highest BCUT2D eigenvalue weighted by Crippen LogP contribution is 2.39. The summed E-state index contributed by atoms with van der Waals surface area (Å²) in [6.45, 7) is 4.04. The maximum absolute atomic E-state index is 13.4. The van der Waals surface area contributed by atoms with E-state index >= 15 is 0 Å². The second kappa shape index (κ2) is 13.7. The van der Waals surface area contributed by atoms with Crippen LogP contribution in [-0.2, 0) is 22.4 Å². The first-order valence-electron chi connectivity index (χ1n) is 13.3. The average molecular weight is 567 g/mol. The van der Waals surface area contributed by atoms with E-state index in [1.54, 1.807) is 38.3 Å². The van der Waals surface area contributed by atoms with Gasteiger partial charge in [-0.15, -0.1) is 23.1 Å². The highest BCUT2D eigenvalue weighted by atomic mass is 32.2. The van der Waals surface area contributed by atoms with E-state index < -0.39 is 0 Å². The zero-order chi connectivity index (χ0) is 27.8. The Morgan fingerprint density at radius 2 is 1.79 bits per heavy atom. The van der Waals surface area contributed by atoms with Crippen molar-refractivity contribution in [2.24, 2.45) is 0 Å². The summed E-state index contributed by atoms with van der Waals surface area (Å²) in [4.78, 5) is 41.1. The zero-order valence-electron chi connectivity index (χ0n) is 22.5. The summed E-state index contributed by atoms with van der Waals surface area (Å²) in [5.41, 5.74) is 2.68. The van der Waals surface area contributed by atoms with Crippen molar-refractivity contribution in [2.75, 3.05) is 24.4 Å². The van der Waals surface area contributed by atoms with Crippen molar-refractivity contribution in [1.29, 1.82) is 0 Å². The van der Waals surface area contributed by atoms with Crippen LogP contribution in [0.1, 0.15) is 70.7 Å². The number of thioether (sulfide) groups is 1. The van der Waals surface area contributed by atoms with E-state index in [0.29, 0.717) is 34.0 Å². The third kappa shape index (κ3) is 7.22. The van der Waals surface area contributed by atoms with Crippen LogP contribution in [0.4, 0.5) is 10.7 Å². The Balaban J connectivity index is 1.48. The van der Waals surface area contributed by atoms with Gasteiger partial charge in [0.1, 0.15) is 10.8 Å². The van der Waals surface area contributed by atoms with Gasteiger partial charge in [0.2, 0.25) is 5.91 Å². The molecule has 2 aromatic carbocycles. The minimum atomic E-state index is -0.383. The van der Waals surface area contributed by atoms with Crippen LogP contribution < -0.4 is 15.4 Å². The Bertz CT molecular complexity index is 1340. The SMILES string of the molecule is CCOC(=O)c1c(NC(=O)C(CC)Sc2cccc(NC(=O)c3cccc(OC)c3)c2)sc2c1CCCCC2. The molecule has 0 saturated carbocycles. The maximum atomic E-state index is 13.4.